The Balaban J connectivity index is 1.60. The third kappa shape index (κ3) is 4.21. The first kappa shape index (κ1) is 15.3. The number of benzene rings is 1. The van der Waals surface area contributed by atoms with E-state index in [1.165, 1.54) is 5.56 Å². The van der Waals surface area contributed by atoms with Gasteiger partial charge in [-0.3, -0.25) is 0 Å². The Hall–Kier alpha value is -1.59. The summed E-state index contributed by atoms with van der Waals surface area (Å²) in [6.45, 7) is 0. The van der Waals surface area contributed by atoms with Crippen LogP contribution in [-0.4, -0.2) is 21.1 Å². The minimum atomic E-state index is 0.515. The monoisotopic (exact) mass is 332 g/mol. The zero-order valence-corrected chi connectivity index (χ0v) is 13.7. The Morgan fingerprint density at radius 1 is 1.32 bits per heavy atom. The number of hydrogen-bond acceptors (Lipinski definition) is 4. The van der Waals surface area contributed by atoms with E-state index in [0.717, 1.165) is 35.2 Å². The lowest BCUT2D eigenvalue weighted by atomic mass is 9.96. The first-order chi connectivity index (χ1) is 10.8. The summed E-state index contributed by atoms with van der Waals surface area (Å²) in [6.07, 6.45) is 11.5. The SMILES string of the molecule is Clc1ccc(CSc2nncn2/N=C\[C@H]2CC=CCC2)cc1. The third-order valence-electron chi connectivity index (χ3n) is 3.49. The molecule has 1 aromatic carbocycles. The van der Waals surface area contributed by atoms with Gasteiger partial charge in [0.25, 0.3) is 0 Å². The van der Waals surface area contributed by atoms with Gasteiger partial charge >= 0.3 is 0 Å². The van der Waals surface area contributed by atoms with E-state index in [1.807, 2.05) is 30.5 Å². The zero-order chi connectivity index (χ0) is 15.2. The number of allylic oxidation sites excluding steroid dienone is 2. The van der Waals surface area contributed by atoms with Crippen molar-refractivity contribution in [2.24, 2.45) is 11.0 Å². The normalized spacial score (nSPS) is 18.1. The molecular formula is C16H17ClN4S. The van der Waals surface area contributed by atoms with E-state index in [9.17, 15) is 0 Å². The molecule has 0 bridgehead atoms. The molecule has 6 heteroatoms. The molecule has 1 heterocycles. The summed E-state index contributed by atoms with van der Waals surface area (Å²) in [5.74, 6) is 1.33. The number of aromatic nitrogens is 3. The molecule has 1 atom stereocenters. The van der Waals surface area contributed by atoms with Gasteiger partial charge in [0, 0.05) is 17.0 Å². The van der Waals surface area contributed by atoms with Gasteiger partial charge in [-0.25, -0.2) is 0 Å². The molecule has 0 unspecified atom stereocenters. The van der Waals surface area contributed by atoms with Gasteiger partial charge in [0.05, 0.1) is 0 Å². The van der Waals surface area contributed by atoms with E-state index in [0.29, 0.717) is 5.92 Å². The molecule has 3 rings (SSSR count). The molecule has 0 radical (unpaired) electrons. The number of hydrogen-bond donors (Lipinski definition) is 0. The molecule has 1 aliphatic rings. The lowest BCUT2D eigenvalue weighted by molar-refractivity contribution is 0.618. The fourth-order valence-corrected chi connectivity index (χ4v) is 3.19. The molecule has 0 amide bonds. The summed E-state index contributed by atoms with van der Waals surface area (Å²) in [4.78, 5) is 0. The maximum absolute atomic E-state index is 5.89. The summed E-state index contributed by atoms with van der Waals surface area (Å²) in [6, 6.07) is 7.84. The minimum absolute atomic E-state index is 0.515. The Labute approximate surface area is 139 Å². The molecule has 4 nitrogen and oxygen atoms in total. The summed E-state index contributed by atoms with van der Waals surface area (Å²) >= 11 is 7.51. The molecule has 0 spiro atoms. The molecule has 0 fully saturated rings. The van der Waals surface area contributed by atoms with Gasteiger partial charge in [0.2, 0.25) is 5.16 Å². The first-order valence-corrected chi connectivity index (χ1v) is 8.64. The molecule has 0 saturated carbocycles. The van der Waals surface area contributed by atoms with Crippen molar-refractivity contribution in [3.8, 4) is 0 Å². The van der Waals surface area contributed by atoms with Crippen LogP contribution in [0.15, 0.2) is 53.0 Å². The smallest absolute Gasteiger partial charge is 0.195 e. The molecule has 0 aliphatic heterocycles. The van der Waals surface area contributed by atoms with Gasteiger partial charge in [-0.15, -0.1) is 10.2 Å². The first-order valence-electron chi connectivity index (χ1n) is 7.28. The predicted molar refractivity (Wildman–Crippen MR) is 91.4 cm³/mol. The highest BCUT2D eigenvalue weighted by molar-refractivity contribution is 7.98. The van der Waals surface area contributed by atoms with E-state index in [4.69, 9.17) is 11.6 Å². The average molecular weight is 333 g/mol. The Kier molecular flexibility index (Phi) is 5.29. The standard InChI is InChI=1S/C16H17ClN4S/c17-15-8-6-14(7-9-15)11-22-16-20-18-12-21(16)19-10-13-4-2-1-3-5-13/h1-2,6-10,12-13H,3-5,11H2/b19-10-/t13-/m0/s1. The van der Waals surface area contributed by atoms with E-state index in [1.54, 1.807) is 22.8 Å². The second-order valence-corrected chi connectivity index (χ2v) is 6.56. The van der Waals surface area contributed by atoms with Crippen LogP contribution in [0.1, 0.15) is 24.8 Å². The van der Waals surface area contributed by atoms with Crippen LogP contribution in [0.4, 0.5) is 0 Å². The second-order valence-electron chi connectivity index (χ2n) is 5.18. The van der Waals surface area contributed by atoms with Crippen molar-refractivity contribution in [3.05, 3.63) is 53.3 Å². The minimum Gasteiger partial charge on any atom is -0.195 e. The van der Waals surface area contributed by atoms with Crippen molar-refractivity contribution in [2.75, 3.05) is 0 Å². The van der Waals surface area contributed by atoms with Crippen LogP contribution < -0.4 is 0 Å². The van der Waals surface area contributed by atoms with Gasteiger partial charge < -0.3 is 0 Å². The number of rotatable bonds is 5. The maximum atomic E-state index is 5.89. The Morgan fingerprint density at radius 3 is 2.95 bits per heavy atom. The van der Waals surface area contributed by atoms with Gasteiger partial charge in [-0.05, 0) is 42.9 Å². The van der Waals surface area contributed by atoms with Crippen LogP contribution in [0, 0.1) is 5.92 Å². The molecule has 1 aromatic heterocycles. The number of halogens is 1. The molecule has 1 aliphatic carbocycles. The zero-order valence-electron chi connectivity index (χ0n) is 12.1. The highest BCUT2D eigenvalue weighted by Crippen LogP contribution is 2.22. The summed E-state index contributed by atoms with van der Waals surface area (Å²) in [5.41, 5.74) is 1.20. The quantitative estimate of drug-likeness (QED) is 0.462. The number of nitrogens with zero attached hydrogens (tertiary/aromatic N) is 4. The maximum Gasteiger partial charge on any atom is 0.212 e. The summed E-state index contributed by atoms with van der Waals surface area (Å²) in [7, 11) is 0. The van der Waals surface area contributed by atoms with Crippen molar-refractivity contribution in [3.63, 3.8) is 0 Å². The van der Waals surface area contributed by atoms with Crippen molar-refractivity contribution in [1.82, 2.24) is 14.9 Å². The Morgan fingerprint density at radius 2 is 2.18 bits per heavy atom. The topological polar surface area (TPSA) is 43.1 Å². The lowest BCUT2D eigenvalue weighted by Gasteiger charge is -2.11. The van der Waals surface area contributed by atoms with Gasteiger partial charge in [-0.1, -0.05) is 47.6 Å². The van der Waals surface area contributed by atoms with Crippen LogP contribution in [0.5, 0.6) is 0 Å². The van der Waals surface area contributed by atoms with E-state index >= 15 is 0 Å². The van der Waals surface area contributed by atoms with E-state index < -0.39 is 0 Å². The van der Waals surface area contributed by atoms with Gasteiger partial charge in [0.15, 0.2) is 0 Å². The van der Waals surface area contributed by atoms with Gasteiger partial charge in [0.1, 0.15) is 6.33 Å². The highest BCUT2D eigenvalue weighted by atomic mass is 35.5. The van der Waals surface area contributed by atoms with Crippen LogP contribution in [0.2, 0.25) is 5.02 Å². The summed E-state index contributed by atoms with van der Waals surface area (Å²) in [5, 5.41) is 14.2. The van der Waals surface area contributed by atoms with E-state index in [-0.39, 0.29) is 0 Å². The number of thioether (sulfide) groups is 1. The van der Waals surface area contributed by atoms with Crippen molar-refractivity contribution >= 4 is 29.6 Å². The third-order valence-corrected chi connectivity index (χ3v) is 4.75. The predicted octanol–water partition coefficient (Wildman–Crippen LogP) is 4.41. The summed E-state index contributed by atoms with van der Waals surface area (Å²) < 4.78 is 1.75. The molecule has 0 saturated heterocycles. The van der Waals surface area contributed by atoms with Crippen LogP contribution in [0.25, 0.3) is 0 Å². The van der Waals surface area contributed by atoms with Crippen molar-refractivity contribution in [2.45, 2.75) is 30.2 Å². The highest BCUT2D eigenvalue weighted by Gasteiger charge is 2.08. The van der Waals surface area contributed by atoms with Crippen molar-refractivity contribution in [1.29, 1.82) is 0 Å². The Bertz CT molecular complexity index is 663. The molecule has 114 valence electrons. The molecular weight excluding hydrogens is 316 g/mol. The molecule has 22 heavy (non-hydrogen) atoms. The van der Waals surface area contributed by atoms with Gasteiger partial charge in [-0.2, -0.15) is 9.78 Å². The second kappa shape index (κ2) is 7.61. The average Bonchev–Trinajstić information content (AvgIpc) is 3.01. The fraction of sp³-hybridized carbons (Fsp3) is 0.312. The van der Waals surface area contributed by atoms with Crippen LogP contribution in [0.3, 0.4) is 0 Å². The van der Waals surface area contributed by atoms with E-state index in [2.05, 4.69) is 27.5 Å². The molecule has 2 aromatic rings. The van der Waals surface area contributed by atoms with Crippen LogP contribution >= 0.6 is 23.4 Å². The fourth-order valence-electron chi connectivity index (χ4n) is 2.24. The largest absolute Gasteiger partial charge is 0.212 e. The lowest BCUT2D eigenvalue weighted by Crippen LogP contribution is -2.05. The van der Waals surface area contributed by atoms with Crippen LogP contribution in [-0.2, 0) is 5.75 Å². The van der Waals surface area contributed by atoms with Crippen molar-refractivity contribution < 1.29 is 0 Å². The molecule has 0 N–H and O–H groups in total.